The van der Waals surface area contributed by atoms with Crippen LogP contribution in [0.3, 0.4) is 0 Å². The molecule has 0 aliphatic heterocycles. The van der Waals surface area contributed by atoms with Crippen molar-refractivity contribution in [2.45, 2.75) is 13.1 Å². The van der Waals surface area contributed by atoms with Crippen LogP contribution in [-0.2, 0) is 6.18 Å². The van der Waals surface area contributed by atoms with E-state index in [4.69, 9.17) is 0 Å². The first kappa shape index (κ1) is 18.6. The fourth-order valence-electron chi connectivity index (χ4n) is 2.44. The van der Waals surface area contributed by atoms with Gasteiger partial charge in [-0.25, -0.2) is 15.0 Å². The maximum absolute atomic E-state index is 13.0. The molecule has 2 N–H and O–H groups in total. The summed E-state index contributed by atoms with van der Waals surface area (Å²) in [7, 11) is 0. The van der Waals surface area contributed by atoms with E-state index in [1.165, 1.54) is 12.3 Å². The Morgan fingerprint density at radius 3 is 2.44 bits per heavy atom. The van der Waals surface area contributed by atoms with E-state index in [0.717, 1.165) is 17.3 Å². The molecule has 3 aromatic rings. The second-order valence-corrected chi connectivity index (χ2v) is 5.70. The van der Waals surface area contributed by atoms with E-state index in [1.807, 2.05) is 6.92 Å². The van der Waals surface area contributed by atoms with Crippen molar-refractivity contribution < 1.29 is 13.2 Å². The Balaban J connectivity index is 1.63. The van der Waals surface area contributed by atoms with Gasteiger partial charge in [0, 0.05) is 49.0 Å². The molecule has 6 nitrogen and oxygen atoms in total. The number of pyridine rings is 2. The van der Waals surface area contributed by atoms with E-state index in [9.17, 15) is 13.2 Å². The highest BCUT2D eigenvalue weighted by atomic mass is 19.4. The van der Waals surface area contributed by atoms with E-state index < -0.39 is 11.7 Å². The molecule has 140 valence electrons. The van der Waals surface area contributed by atoms with Gasteiger partial charge in [-0.1, -0.05) is 0 Å². The van der Waals surface area contributed by atoms with Gasteiger partial charge in [0.05, 0.1) is 5.56 Å². The normalized spacial score (nSPS) is 11.3. The molecule has 0 spiro atoms. The van der Waals surface area contributed by atoms with E-state index in [-0.39, 0.29) is 12.4 Å². The van der Waals surface area contributed by atoms with Gasteiger partial charge in [0.25, 0.3) is 0 Å². The van der Waals surface area contributed by atoms with E-state index >= 15 is 0 Å². The Bertz CT molecular complexity index is 899. The first-order valence-electron chi connectivity index (χ1n) is 8.19. The third kappa shape index (κ3) is 4.90. The Labute approximate surface area is 153 Å². The molecule has 0 saturated carbocycles. The molecular weight excluding hydrogens is 357 g/mol. The van der Waals surface area contributed by atoms with Crippen LogP contribution < -0.4 is 10.6 Å². The van der Waals surface area contributed by atoms with Crippen molar-refractivity contribution >= 4 is 11.6 Å². The zero-order valence-electron chi connectivity index (χ0n) is 14.5. The molecule has 0 fully saturated rings. The molecule has 0 radical (unpaired) electrons. The second-order valence-electron chi connectivity index (χ2n) is 5.70. The number of alkyl halides is 3. The summed E-state index contributed by atoms with van der Waals surface area (Å²) < 4.78 is 38.9. The van der Waals surface area contributed by atoms with Crippen molar-refractivity contribution in [3.63, 3.8) is 0 Å². The van der Waals surface area contributed by atoms with Crippen LogP contribution in [0.5, 0.6) is 0 Å². The minimum Gasteiger partial charge on any atom is -0.368 e. The Hall–Kier alpha value is -3.23. The van der Waals surface area contributed by atoms with Crippen molar-refractivity contribution in [3.05, 3.63) is 60.2 Å². The summed E-state index contributed by atoms with van der Waals surface area (Å²) in [5.41, 5.74) is 0.817. The molecule has 9 heteroatoms. The van der Waals surface area contributed by atoms with Crippen LogP contribution in [-0.4, -0.2) is 33.0 Å². The number of nitrogens with zero attached hydrogens (tertiary/aromatic N) is 4. The fraction of sp³-hybridized carbons (Fsp3) is 0.222. The van der Waals surface area contributed by atoms with Crippen molar-refractivity contribution in [1.29, 1.82) is 0 Å². The molecule has 0 unspecified atom stereocenters. The Morgan fingerprint density at radius 1 is 0.963 bits per heavy atom. The maximum Gasteiger partial charge on any atom is 0.419 e. The average molecular weight is 374 g/mol. The highest BCUT2D eigenvalue weighted by Gasteiger charge is 2.33. The predicted molar refractivity (Wildman–Crippen MR) is 96.2 cm³/mol. The van der Waals surface area contributed by atoms with Gasteiger partial charge in [-0.2, -0.15) is 13.2 Å². The fourth-order valence-corrected chi connectivity index (χ4v) is 2.44. The molecular formula is C18H17F3N6. The molecule has 3 heterocycles. The number of anilines is 2. The predicted octanol–water partition coefficient (Wildman–Crippen LogP) is 3.78. The summed E-state index contributed by atoms with van der Waals surface area (Å²) in [4.78, 5) is 16.6. The zero-order valence-corrected chi connectivity index (χ0v) is 14.5. The van der Waals surface area contributed by atoms with Gasteiger partial charge < -0.3 is 10.6 Å². The Kier molecular flexibility index (Phi) is 5.49. The average Bonchev–Trinajstić information content (AvgIpc) is 2.65. The number of hydrogen-bond acceptors (Lipinski definition) is 6. The molecule has 3 aromatic heterocycles. The third-order valence-corrected chi connectivity index (χ3v) is 3.63. The van der Waals surface area contributed by atoms with E-state index in [1.54, 1.807) is 30.6 Å². The first-order valence-corrected chi connectivity index (χ1v) is 8.19. The van der Waals surface area contributed by atoms with Crippen LogP contribution in [0.4, 0.5) is 24.8 Å². The minimum absolute atomic E-state index is 0.192. The van der Waals surface area contributed by atoms with Crippen molar-refractivity contribution in [2.75, 3.05) is 23.7 Å². The van der Waals surface area contributed by atoms with Gasteiger partial charge in [0.1, 0.15) is 11.6 Å². The zero-order chi connectivity index (χ0) is 19.3. The number of rotatable bonds is 6. The number of nitrogens with one attached hydrogen (secondary N) is 2. The lowest BCUT2D eigenvalue weighted by Crippen LogP contribution is -2.18. The smallest absolute Gasteiger partial charge is 0.368 e. The second kappa shape index (κ2) is 7.98. The van der Waals surface area contributed by atoms with Crippen LogP contribution >= 0.6 is 0 Å². The van der Waals surface area contributed by atoms with Gasteiger partial charge in [-0.15, -0.1) is 0 Å². The van der Waals surface area contributed by atoms with Gasteiger partial charge in [-0.05, 0) is 31.2 Å². The SMILES string of the molecule is Cc1cc(NCCNc2ncccc2C(F)(F)F)nc(-c2ccncc2)n1. The summed E-state index contributed by atoms with van der Waals surface area (Å²) in [6, 6.07) is 7.64. The summed E-state index contributed by atoms with van der Waals surface area (Å²) in [6.07, 6.45) is 0.180. The van der Waals surface area contributed by atoms with Gasteiger partial charge >= 0.3 is 6.18 Å². The molecule has 27 heavy (non-hydrogen) atoms. The molecule has 0 aliphatic rings. The molecule has 0 bridgehead atoms. The van der Waals surface area contributed by atoms with Crippen molar-refractivity contribution in [1.82, 2.24) is 19.9 Å². The quantitative estimate of drug-likeness (QED) is 0.640. The lowest BCUT2D eigenvalue weighted by molar-refractivity contribution is -0.137. The minimum atomic E-state index is -4.45. The van der Waals surface area contributed by atoms with Crippen LogP contribution in [0.15, 0.2) is 48.9 Å². The topological polar surface area (TPSA) is 75.6 Å². The third-order valence-electron chi connectivity index (χ3n) is 3.63. The van der Waals surface area contributed by atoms with Gasteiger partial charge in [0.15, 0.2) is 5.82 Å². The summed E-state index contributed by atoms with van der Waals surface area (Å²) in [5.74, 6) is 0.952. The number of aryl methyl sites for hydroxylation is 1. The molecule has 0 amide bonds. The lowest BCUT2D eigenvalue weighted by atomic mass is 10.2. The van der Waals surface area contributed by atoms with Gasteiger partial charge in [0.2, 0.25) is 0 Å². The monoisotopic (exact) mass is 374 g/mol. The highest BCUT2D eigenvalue weighted by Crippen LogP contribution is 2.33. The number of hydrogen-bond donors (Lipinski definition) is 2. The molecule has 0 aromatic carbocycles. The van der Waals surface area contributed by atoms with Crippen LogP contribution in [0.1, 0.15) is 11.3 Å². The van der Waals surface area contributed by atoms with Gasteiger partial charge in [-0.3, -0.25) is 4.98 Å². The lowest BCUT2D eigenvalue weighted by Gasteiger charge is -2.14. The summed E-state index contributed by atoms with van der Waals surface area (Å²) >= 11 is 0. The van der Waals surface area contributed by atoms with Crippen molar-refractivity contribution in [2.24, 2.45) is 0 Å². The molecule has 3 rings (SSSR count). The summed E-state index contributed by atoms with van der Waals surface area (Å²) in [5, 5.41) is 5.79. The van der Waals surface area contributed by atoms with Crippen LogP contribution in [0.2, 0.25) is 0 Å². The maximum atomic E-state index is 13.0. The number of aromatic nitrogens is 4. The van der Waals surface area contributed by atoms with Crippen LogP contribution in [0.25, 0.3) is 11.4 Å². The van der Waals surface area contributed by atoms with E-state index in [2.05, 4.69) is 30.6 Å². The summed E-state index contributed by atoms with van der Waals surface area (Å²) in [6.45, 7) is 2.45. The molecule has 0 saturated heterocycles. The van der Waals surface area contributed by atoms with Crippen LogP contribution in [0, 0.1) is 6.92 Å². The van der Waals surface area contributed by atoms with Crippen molar-refractivity contribution in [3.8, 4) is 11.4 Å². The Morgan fingerprint density at radius 2 is 1.70 bits per heavy atom. The first-order chi connectivity index (χ1) is 12.9. The largest absolute Gasteiger partial charge is 0.419 e. The molecule has 0 aliphatic carbocycles. The standard InChI is InChI=1S/C18H17F3N6/c1-12-11-15(27-16(26-12)13-4-7-22-8-5-13)23-9-10-25-17-14(18(19,20)21)3-2-6-24-17/h2-8,11H,9-10H2,1H3,(H,24,25)(H,23,26,27). The molecule has 0 atom stereocenters. The van der Waals surface area contributed by atoms with E-state index in [0.29, 0.717) is 18.2 Å². The highest BCUT2D eigenvalue weighted by molar-refractivity contribution is 5.56. The number of halogens is 3.